The van der Waals surface area contributed by atoms with Gasteiger partial charge in [-0.2, -0.15) is 0 Å². The number of carbonyl (C=O) groups excluding carboxylic acids is 1. The molecular weight excluding hydrogens is 472 g/mol. The number of thioether (sulfide) groups is 1. The van der Waals surface area contributed by atoms with E-state index >= 15 is 0 Å². The molecule has 0 aliphatic rings. The summed E-state index contributed by atoms with van der Waals surface area (Å²) in [7, 11) is 0. The Morgan fingerprint density at radius 1 is 0.970 bits per heavy atom. The van der Waals surface area contributed by atoms with Crippen molar-refractivity contribution in [3.05, 3.63) is 81.8 Å². The van der Waals surface area contributed by atoms with Gasteiger partial charge in [0, 0.05) is 21.9 Å². The van der Waals surface area contributed by atoms with Crippen LogP contribution in [0.3, 0.4) is 0 Å². The number of benzene rings is 2. The monoisotopic (exact) mass is 490 g/mol. The minimum atomic E-state index is -0.469. The van der Waals surface area contributed by atoms with E-state index in [1.807, 2.05) is 71.4 Å². The first-order valence-electron chi connectivity index (χ1n) is 10.1. The van der Waals surface area contributed by atoms with Crippen molar-refractivity contribution in [2.75, 3.05) is 5.32 Å². The van der Waals surface area contributed by atoms with Gasteiger partial charge in [0.15, 0.2) is 10.3 Å². The van der Waals surface area contributed by atoms with Crippen LogP contribution in [0, 0.1) is 0 Å². The third-order valence-electron chi connectivity index (χ3n) is 4.97. The zero-order valence-electron chi connectivity index (χ0n) is 17.4. The maximum Gasteiger partial charge on any atom is 0.260 e. The van der Waals surface area contributed by atoms with E-state index in [9.17, 15) is 9.59 Å². The lowest BCUT2D eigenvalue weighted by atomic mass is 10.1. The number of nitrogens with one attached hydrogen (secondary N) is 2. The molecule has 33 heavy (non-hydrogen) atoms. The molecule has 9 heteroatoms. The summed E-state index contributed by atoms with van der Waals surface area (Å²) in [6.45, 7) is 1.78. The van der Waals surface area contributed by atoms with Crippen LogP contribution in [-0.2, 0) is 4.79 Å². The fourth-order valence-corrected chi connectivity index (χ4v) is 5.84. The number of H-pyrrole nitrogens is 1. The quantitative estimate of drug-likeness (QED) is 0.229. The highest BCUT2D eigenvalue weighted by atomic mass is 32.2. The molecule has 3 aromatic heterocycles. The molecule has 1 amide bonds. The van der Waals surface area contributed by atoms with Gasteiger partial charge >= 0.3 is 0 Å². The first kappa shape index (κ1) is 21.6. The second kappa shape index (κ2) is 9.30. The number of nitrogens with zero attached hydrogens (tertiary/aromatic N) is 2. The van der Waals surface area contributed by atoms with Gasteiger partial charge in [-0.15, -0.1) is 22.7 Å². The second-order valence-corrected chi connectivity index (χ2v) is 10.3. The minimum Gasteiger partial charge on any atom is -0.301 e. The number of fused-ring (bicyclic) bond motifs is 1. The Bertz CT molecular complexity index is 1480. The number of carbonyl (C=O) groups is 1. The molecule has 5 aromatic rings. The lowest BCUT2D eigenvalue weighted by molar-refractivity contribution is -0.115. The van der Waals surface area contributed by atoms with E-state index < -0.39 is 5.25 Å². The van der Waals surface area contributed by atoms with E-state index in [0.29, 0.717) is 20.5 Å². The summed E-state index contributed by atoms with van der Waals surface area (Å²) >= 11 is 4.01. The van der Waals surface area contributed by atoms with Gasteiger partial charge in [0.25, 0.3) is 5.56 Å². The first-order chi connectivity index (χ1) is 16.1. The predicted octanol–water partition coefficient (Wildman–Crippen LogP) is 5.89. The molecule has 1 unspecified atom stereocenters. The summed E-state index contributed by atoms with van der Waals surface area (Å²) in [5.74, 6) is -0.201. The molecule has 0 aliphatic heterocycles. The molecule has 1 atom stereocenters. The largest absolute Gasteiger partial charge is 0.301 e. The van der Waals surface area contributed by atoms with Gasteiger partial charge in [0.1, 0.15) is 4.83 Å². The van der Waals surface area contributed by atoms with E-state index in [2.05, 4.69) is 20.3 Å². The SMILES string of the molecule is CC(Sc1nc2scc(-c3ccccc3)c2c(=O)[nH]1)C(=O)Nc1nc(-c2ccccc2)cs1. The van der Waals surface area contributed by atoms with Crippen molar-refractivity contribution in [3.8, 4) is 22.4 Å². The smallest absolute Gasteiger partial charge is 0.260 e. The van der Waals surface area contributed by atoms with Gasteiger partial charge in [0.05, 0.1) is 16.3 Å². The molecular formula is C24H18N4O2S3. The average molecular weight is 491 g/mol. The van der Waals surface area contributed by atoms with Crippen molar-refractivity contribution in [2.24, 2.45) is 0 Å². The van der Waals surface area contributed by atoms with Crippen LogP contribution in [-0.4, -0.2) is 26.1 Å². The Balaban J connectivity index is 1.31. The molecule has 6 nitrogen and oxygen atoms in total. The highest BCUT2D eigenvalue weighted by Crippen LogP contribution is 2.32. The summed E-state index contributed by atoms with van der Waals surface area (Å²) in [6.07, 6.45) is 0. The lowest BCUT2D eigenvalue weighted by Crippen LogP contribution is -2.23. The second-order valence-electron chi connectivity index (χ2n) is 7.22. The topological polar surface area (TPSA) is 87.7 Å². The summed E-state index contributed by atoms with van der Waals surface area (Å²) < 4.78 is 0. The van der Waals surface area contributed by atoms with Gasteiger partial charge in [-0.05, 0) is 12.5 Å². The Morgan fingerprint density at radius 3 is 2.39 bits per heavy atom. The van der Waals surface area contributed by atoms with E-state index in [-0.39, 0.29) is 11.5 Å². The van der Waals surface area contributed by atoms with Gasteiger partial charge in [-0.1, -0.05) is 72.4 Å². The standard InChI is InChI=1S/C24H18N4O2S3/c1-14(20(29)26-23-25-18(13-32-23)16-10-6-3-7-11-16)33-24-27-21(30)19-17(12-31-22(19)28-24)15-8-4-2-5-9-15/h2-14H,1H3,(H,25,26,29)(H,27,28,30). The van der Waals surface area contributed by atoms with Crippen molar-refractivity contribution in [1.29, 1.82) is 0 Å². The molecule has 3 heterocycles. The molecule has 0 saturated carbocycles. The van der Waals surface area contributed by atoms with Crippen molar-refractivity contribution in [3.63, 3.8) is 0 Å². The molecule has 2 aromatic carbocycles. The number of anilines is 1. The Kier molecular flexibility index (Phi) is 6.08. The molecule has 164 valence electrons. The van der Waals surface area contributed by atoms with Gasteiger partial charge in [-0.25, -0.2) is 9.97 Å². The lowest BCUT2D eigenvalue weighted by Gasteiger charge is -2.09. The number of aromatic nitrogens is 3. The number of aromatic amines is 1. The molecule has 2 N–H and O–H groups in total. The van der Waals surface area contributed by atoms with Crippen molar-refractivity contribution < 1.29 is 4.79 Å². The van der Waals surface area contributed by atoms with Gasteiger partial charge in [-0.3, -0.25) is 9.59 Å². The highest BCUT2D eigenvalue weighted by molar-refractivity contribution is 8.00. The number of thiazole rings is 1. The van der Waals surface area contributed by atoms with E-state index in [4.69, 9.17) is 0 Å². The average Bonchev–Trinajstić information content (AvgIpc) is 3.48. The highest BCUT2D eigenvalue weighted by Gasteiger charge is 2.19. The summed E-state index contributed by atoms with van der Waals surface area (Å²) in [5, 5.41) is 7.77. The number of hydrogen-bond acceptors (Lipinski definition) is 7. The summed E-state index contributed by atoms with van der Waals surface area (Å²) in [5.41, 5.74) is 3.45. The third-order valence-corrected chi connectivity index (χ3v) is 7.58. The van der Waals surface area contributed by atoms with E-state index in [0.717, 1.165) is 22.4 Å². The first-order valence-corrected chi connectivity index (χ1v) is 12.8. The maximum absolute atomic E-state index is 12.8. The zero-order chi connectivity index (χ0) is 22.8. The third kappa shape index (κ3) is 4.61. The summed E-state index contributed by atoms with van der Waals surface area (Å²) in [4.78, 5) is 38.1. The van der Waals surface area contributed by atoms with Crippen LogP contribution in [0.15, 0.2) is 81.4 Å². The van der Waals surface area contributed by atoms with Gasteiger partial charge < -0.3 is 10.3 Å². The number of amides is 1. The minimum absolute atomic E-state index is 0.201. The van der Waals surface area contributed by atoms with Crippen LogP contribution in [0.1, 0.15) is 6.92 Å². The fourth-order valence-electron chi connectivity index (χ4n) is 3.32. The van der Waals surface area contributed by atoms with E-state index in [1.54, 1.807) is 6.92 Å². The molecule has 0 fully saturated rings. The molecule has 0 spiro atoms. The van der Waals surface area contributed by atoms with Crippen LogP contribution in [0.5, 0.6) is 0 Å². The molecule has 5 rings (SSSR count). The van der Waals surface area contributed by atoms with Crippen LogP contribution >= 0.6 is 34.4 Å². The molecule has 0 aliphatic carbocycles. The van der Waals surface area contributed by atoms with Crippen LogP contribution < -0.4 is 10.9 Å². The fraction of sp³-hybridized carbons (Fsp3) is 0.0833. The zero-order valence-corrected chi connectivity index (χ0v) is 19.9. The van der Waals surface area contributed by atoms with Gasteiger partial charge in [0.2, 0.25) is 5.91 Å². The summed E-state index contributed by atoms with van der Waals surface area (Å²) in [6, 6.07) is 19.6. The maximum atomic E-state index is 12.8. The van der Waals surface area contributed by atoms with E-state index in [1.165, 1.54) is 34.4 Å². The molecule has 0 saturated heterocycles. The number of thiophene rings is 1. The Hall–Kier alpha value is -3.27. The predicted molar refractivity (Wildman–Crippen MR) is 137 cm³/mol. The van der Waals surface area contributed by atoms with Crippen molar-refractivity contribution in [1.82, 2.24) is 15.0 Å². The van der Waals surface area contributed by atoms with Crippen molar-refractivity contribution in [2.45, 2.75) is 17.3 Å². The molecule has 0 bridgehead atoms. The van der Waals surface area contributed by atoms with Crippen LogP contribution in [0.2, 0.25) is 0 Å². The number of rotatable bonds is 6. The Morgan fingerprint density at radius 2 is 1.67 bits per heavy atom. The van der Waals surface area contributed by atoms with Crippen molar-refractivity contribution >= 4 is 55.7 Å². The molecule has 0 radical (unpaired) electrons. The number of hydrogen-bond donors (Lipinski definition) is 2. The van der Waals surface area contributed by atoms with Crippen LogP contribution in [0.4, 0.5) is 5.13 Å². The normalized spacial score (nSPS) is 12.0. The van der Waals surface area contributed by atoms with Crippen LogP contribution in [0.25, 0.3) is 32.6 Å². The Labute approximate surface area is 201 Å².